The molecular formula is C3H6Cl2N3NaO. The molecule has 0 aromatic rings. The van der Waals surface area contributed by atoms with Crippen LogP contribution >= 0.6 is 23.6 Å². The average Bonchev–Trinajstić information content (AvgIpc) is 1.80. The molecule has 10 heavy (non-hydrogen) atoms. The van der Waals surface area contributed by atoms with E-state index in [4.69, 9.17) is 28.7 Å². The molecule has 54 valence electrons. The van der Waals surface area contributed by atoms with Crippen LogP contribution in [0.15, 0.2) is 4.99 Å². The van der Waals surface area contributed by atoms with Crippen LogP contribution in [0.3, 0.4) is 0 Å². The van der Waals surface area contributed by atoms with Crippen molar-refractivity contribution in [2.45, 2.75) is 0 Å². The van der Waals surface area contributed by atoms with E-state index < -0.39 is 0 Å². The first-order valence-electron chi connectivity index (χ1n) is 2.27. The van der Waals surface area contributed by atoms with Gasteiger partial charge in [-0.05, 0) is 11.8 Å². The van der Waals surface area contributed by atoms with Crippen molar-refractivity contribution < 1.29 is 5.11 Å². The van der Waals surface area contributed by atoms with Gasteiger partial charge in [0.05, 0.1) is 0 Å². The first-order chi connectivity index (χ1) is 4.20. The number of amidine groups is 1. The first-order valence-corrected chi connectivity index (χ1v) is 2.95. The van der Waals surface area contributed by atoms with E-state index in [2.05, 4.69) is 4.99 Å². The van der Waals surface area contributed by atoms with Gasteiger partial charge in [-0.2, -0.15) is 4.42 Å². The Kier molecular flexibility index (Phi) is 5.02. The van der Waals surface area contributed by atoms with Gasteiger partial charge in [-0.15, -0.1) is 0 Å². The summed E-state index contributed by atoms with van der Waals surface area (Å²) < 4.78 is 2.36. The topological polar surface area (TPSA) is 39.1 Å². The van der Waals surface area contributed by atoms with Crippen LogP contribution in [0.1, 0.15) is 0 Å². The van der Waals surface area contributed by atoms with Gasteiger partial charge in [0.25, 0.3) is 0 Å². The zero-order valence-electron chi connectivity index (χ0n) is 4.46. The van der Waals surface area contributed by atoms with Crippen molar-refractivity contribution in [1.29, 1.82) is 0 Å². The SMILES string of the molecule is OC1=NCN(Cl)CN1Cl.[NaH]. The molecule has 0 saturated carbocycles. The molecule has 0 bridgehead atoms. The van der Waals surface area contributed by atoms with E-state index in [1.807, 2.05) is 0 Å². The predicted octanol–water partition coefficient (Wildman–Crippen LogP) is 0.0921. The third-order valence-electron chi connectivity index (χ3n) is 0.860. The maximum atomic E-state index is 8.75. The van der Waals surface area contributed by atoms with Gasteiger partial charge in [0.1, 0.15) is 13.3 Å². The molecule has 4 nitrogen and oxygen atoms in total. The standard InChI is InChI=1S/C3H5Cl2N3O.Na.H/c4-7-1-6-3(9)8(5)2-7;;/h1-2H2,(H,6,9);;. The van der Waals surface area contributed by atoms with Crippen molar-refractivity contribution in [2.75, 3.05) is 13.3 Å². The number of aliphatic hydroxyl groups is 1. The van der Waals surface area contributed by atoms with Gasteiger partial charge >= 0.3 is 35.6 Å². The molecule has 0 aromatic carbocycles. The van der Waals surface area contributed by atoms with Gasteiger partial charge in [-0.25, -0.2) is 9.41 Å². The number of rotatable bonds is 0. The van der Waals surface area contributed by atoms with Crippen LogP contribution in [-0.2, 0) is 0 Å². The second kappa shape index (κ2) is 4.64. The molecule has 1 N–H and O–H groups in total. The Labute approximate surface area is 90.9 Å². The number of nitrogens with zero attached hydrogens (tertiary/aromatic N) is 3. The molecule has 0 amide bonds. The summed E-state index contributed by atoms with van der Waals surface area (Å²) in [4.78, 5) is 3.55. The molecule has 1 rings (SSSR count). The van der Waals surface area contributed by atoms with Crippen LogP contribution in [-0.4, -0.2) is 62.9 Å². The van der Waals surface area contributed by atoms with Gasteiger partial charge in [0.2, 0.25) is 0 Å². The van der Waals surface area contributed by atoms with Crippen molar-refractivity contribution in [1.82, 2.24) is 8.84 Å². The zero-order chi connectivity index (χ0) is 6.85. The Morgan fingerprint density at radius 3 is 2.50 bits per heavy atom. The zero-order valence-corrected chi connectivity index (χ0v) is 5.97. The van der Waals surface area contributed by atoms with E-state index in [0.29, 0.717) is 0 Å². The van der Waals surface area contributed by atoms with E-state index >= 15 is 0 Å². The normalized spacial score (nSPS) is 19.8. The molecule has 1 aliphatic heterocycles. The molecule has 7 heteroatoms. The molecule has 0 unspecified atom stereocenters. The van der Waals surface area contributed by atoms with Crippen molar-refractivity contribution in [3.63, 3.8) is 0 Å². The molecule has 0 atom stereocenters. The molecule has 0 aliphatic carbocycles. The summed E-state index contributed by atoms with van der Waals surface area (Å²) >= 11 is 10.9. The first kappa shape index (κ1) is 10.8. The Hall–Kier alpha value is 0.810. The third-order valence-corrected chi connectivity index (χ3v) is 1.33. The fourth-order valence-electron chi connectivity index (χ4n) is 0.459. The van der Waals surface area contributed by atoms with E-state index in [9.17, 15) is 0 Å². The quantitative estimate of drug-likeness (QED) is 0.438. The number of hydrogen-bond acceptors (Lipinski definition) is 3. The van der Waals surface area contributed by atoms with Crippen LogP contribution in [0.25, 0.3) is 0 Å². The van der Waals surface area contributed by atoms with Gasteiger partial charge in [-0.3, -0.25) is 0 Å². The maximum absolute atomic E-state index is 8.75. The average molecular weight is 194 g/mol. The Bertz CT molecular complexity index is 144. The van der Waals surface area contributed by atoms with Crippen molar-refractivity contribution >= 4 is 59.1 Å². The molecule has 0 saturated heterocycles. The molecule has 0 radical (unpaired) electrons. The monoisotopic (exact) mass is 193 g/mol. The molecule has 1 aliphatic rings. The molecule has 0 fully saturated rings. The summed E-state index contributed by atoms with van der Waals surface area (Å²) in [6.07, 6.45) is 0. The van der Waals surface area contributed by atoms with E-state index in [1.54, 1.807) is 0 Å². The van der Waals surface area contributed by atoms with Gasteiger partial charge in [-0.1, -0.05) is 0 Å². The summed E-state index contributed by atoms with van der Waals surface area (Å²) in [5.74, 6) is 0. The van der Waals surface area contributed by atoms with Gasteiger partial charge in [0.15, 0.2) is 0 Å². The van der Waals surface area contributed by atoms with Crippen molar-refractivity contribution in [2.24, 2.45) is 4.99 Å². The van der Waals surface area contributed by atoms with Crippen LogP contribution in [0, 0.1) is 0 Å². The summed E-state index contributed by atoms with van der Waals surface area (Å²) in [6, 6.07) is -0.187. The van der Waals surface area contributed by atoms with Crippen LogP contribution in [0.5, 0.6) is 0 Å². The van der Waals surface area contributed by atoms with Crippen LogP contribution in [0.4, 0.5) is 0 Å². The second-order valence-electron chi connectivity index (χ2n) is 1.57. The fourth-order valence-corrected chi connectivity index (χ4v) is 0.857. The number of hydrogen-bond donors (Lipinski definition) is 1. The Balaban J connectivity index is 0.000000810. The fraction of sp³-hybridized carbons (Fsp3) is 0.667. The minimum absolute atomic E-state index is 0. The summed E-state index contributed by atoms with van der Waals surface area (Å²) in [6.45, 7) is 0.551. The molecular weight excluding hydrogens is 188 g/mol. The van der Waals surface area contributed by atoms with Crippen molar-refractivity contribution in [3.05, 3.63) is 0 Å². The van der Waals surface area contributed by atoms with Crippen LogP contribution < -0.4 is 0 Å². The molecule has 1 heterocycles. The molecule has 0 aromatic heterocycles. The molecule has 0 spiro atoms. The van der Waals surface area contributed by atoms with Gasteiger partial charge in [0, 0.05) is 11.8 Å². The van der Waals surface area contributed by atoms with E-state index in [0.717, 1.165) is 4.42 Å². The van der Waals surface area contributed by atoms with Gasteiger partial charge < -0.3 is 5.11 Å². The number of aliphatic imine (C=N–C) groups is 1. The second-order valence-corrected chi connectivity index (χ2v) is 2.45. The van der Waals surface area contributed by atoms with E-state index in [1.165, 1.54) is 4.42 Å². The van der Waals surface area contributed by atoms with E-state index in [-0.39, 0.29) is 48.9 Å². The third kappa shape index (κ3) is 2.82. The minimum atomic E-state index is -0.187. The summed E-state index contributed by atoms with van der Waals surface area (Å²) in [5.41, 5.74) is 0. The Morgan fingerprint density at radius 2 is 2.10 bits per heavy atom. The van der Waals surface area contributed by atoms with Crippen LogP contribution in [0.2, 0.25) is 0 Å². The Morgan fingerprint density at radius 1 is 1.50 bits per heavy atom. The number of aliphatic hydroxyl groups excluding tert-OH is 1. The predicted molar refractivity (Wildman–Crippen MR) is 42.3 cm³/mol. The van der Waals surface area contributed by atoms with Crippen molar-refractivity contribution in [3.8, 4) is 0 Å². The number of halogens is 2. The summed E-state index contributed by atoms with van der Waals surface area (Å²) in [5, 5.41) is 8.75. The summed E-state index contributed by atoms with van der Waals surface area (Å²) in [7, 11) is 0.